The number of hydrazine groups is 4. The first-order chi connectivity index (χ1) is 7.41. The molecule has 0 bridgehead atoms. The molecule has 10 heteroatoms. The topological polar surface area (TPSA) is 74.1 Å². The second-order valence-electron chi connectivity index (χ2n) is 2.41. The molecule has 0 amide bonds. The summed E-state index contributed by atoms with van der Waals surface area (Å²) in [5.74, 6) is 6.17. The Kier molecular flexibility index (Phi) is 17.2. The zero-order valence-electron chi connectivity index (χ0n) is 8.19. The first-order valence-corrected chi connectivity index (χ1v) is 10.4. The lowest BCUT2D eigenvalue weighted by Gasteiger charge is -2.06. The zero-order chi connectivity index (χ0) is 11.2. The maximum Gasteiger partial charge on any atom is 0.0113 e. The third kappa shape index (κ3) is 15.5. The standard InChI is InChI=1S/C5H17N5S5/c6-8-10-9-7-4-2-1-3-5-12-14-15-13-11/h7-11H,1-6H2. The number of rotatable bonds is 12. The summed E-state index contributed by atoms with van der Waals surface area (Å²) in [6, 6.07) is 0. The molecular formula is C5H17N5S5. The molecule has 0 unspecified atom stereocenters. The number of unbranched alkanes of at least 4 members (excludes halogenated alkanes) is 2. The first-order valence-electron chi connectivity index (χ1n) is 4.36. The van der Waals surface area contributed by atoms with Crippen molar-refractivity contribution in [1.82, 2.24) is 22.0 Å². The summed E-state index contributed by atoms with van der Waals surface area (Å²) in [6.07, 6.45) is 3.63. The minimum absolute atomic E-state index is 0.924. The van der Waals surface area contributed by atoms with Gasteiger partial charge in [-0.2, -0.15) is 16.6 Å². The molecule has 0 saturated carbocycles. The van der Waals surface area contributed by atoms with Gasteiger partial charge in [0.2, 0.25) is 0 Å². The van der Waals surface area contributed by atoms with Gasteiger partial charge in [0.25, 0.3) is 0 Å². The lowest BCUT2D eigenvalue weighted by molar-refractivity contribution is 0.371. The first kappa shape index (κ1) is 16.6. The molecule has 0 atom stereocenters. The van der Waals surface area contributed by atoms with E-state index in [1.54, 1.807) is 19.7 Å². The Hall–Kier alpha value is 1.55. The molecule has 0 radical (unpaired) electrons. The van der Waals surface area contributed by atoms with E-state index in [1.807, 2.05) is 10.8 Å². The van der Waals surface area contributed by atoms with Gasteiger partial charge in [-0.05, 0) is 42.3 Å². The lowest BCUT2D eigenvalue weighted by Crippen LogP contribution is -2.53. The van der Waals surface area contributed by atoms with Crippen LogP contribution in [0.3, 0.4) is 0 Å². The summed E-state index contributed by atoms with van der Waals surface area (Å²) >= 11 is 4.03. The molecule has 0 heterocycles. The molecule has 0 saturated heterocycles. The Balaban J connectivity index is 2.81. The predicted octanol–water partition coefficient (Wildman–Crippen LogP) is 1.66. The Labute approximate surface area is 111 Å². The third-order valence-corrected chi connectivity index (χ3v) is 8.22. The highest BCUT2D eigenvalue weighted by atomic mass is 33.8. The van der Waals surface area contributed by atoms with E-state index in [1.165, 1.54) is 28.4 Å². The number of hydrogen-bond acceptors (Lipinski definition) is 10. The molecule has 0 aromatic rings. The summed E-state index contributed by atoms with van der Waals surface area (Å²) in [6.45, 7) is 0.924. The van der Waals surface area contributed by atoms with Crippen LogP contribution in [0.4, 0.5) is 0 Å². The van der Waals surface area contributed by atoms with Crippen LogP contribution in [-0.2, 0) is 0 Å². The smallest absolute Gasteiger partial charge is 0.0113 e. The molecule has 0 rings (SSSR count). The second kappa shape index (κ2) is 15.6. The van der Waals surface area contributed by atoms with E-state index in [9.17, 15) is 0 Å². The molecular weight excluding hydrogens is 290 g/mol. The molecule has 0 spiro atoms. The van der Waals surface area contributed by atoms with Crippen molar-refractivity contribution in [3.8, 4) is 0 Å². The lowest BCUT2D eigenvalue weighted by atomic mass is 10.2. The summed E-state index contributed by atoms with van der Waals surface area (Å²) in [4.78, 5) is 0. The Morgan fingerprint density at radius 3 is 2.67 bits per heavy atom. The average molecular weight is 308 g/mol. The zero-order valence-corrected chi connectivity index (χ0v) is 12.4. The molecule has 0 aromatic carbocycles. The largest absolute Gasteiger partial charge is 0.257 e. The van der Waals surface area contributed by atoms with Crippen LogP contribution in [0.15, 0.2) is 0 Å². The van der Waals surface area contributed by atoms with Crippen LogP contribution in [0.5, 0.6) is 0 Å². The van der Waals surface area contributed by atoms with Crippen molar-refractivity contribution in [3.05, 3.63) is 0 Å². The Morgan fingerprint density at radius 2 is 1.93 bits per heavy atom. The van der Waals surface area contributed by atoms with E-state index in [0.29, 0.717) is 0 Å². The predicted molar refractivity (Wildman–Crippen MR) is 79.7 cm³/mol. The summed E-state index contributed by atoms with van der Waals surface area (Å²) in [5.41, 5.74) is 10.4. The van der Waals surface area contributed by atoms with Crippen LogP contribution in [0.1, 0.15) is 19.3 Å². The van der Waals surface area contributed by atoms with Crippen molar-refractivity contribution in [2.24, 2.45) is 5.84 Å². The highest BCUT2D eigenvalue weighted by Gasteiger charge is 1.92. The molecule has 0 aliphatic carbocycles. The molecule has 92 valence electrons. The van der Waals surface area contributed by atoms with Gasteiger partial charge in [0, 0.05) is 12.3 Å². The van der Waals surface area contributed by atoms with Crippen molar-refractivity contribution >= 4 is 51.9 Å². The number of nitrogens with two attached hydrogens (primary N) is 1. The van der Waals surface area contributed by atoms with Crippen molar-refractivity contribution in [2.75, 3.05) is 12.3 Å². The van der Waals surface area contributed by atoms with Crippen LogP contribution >= 0.6 is 51.9 Å². The van der Waals surface area contributed by atoms with Crippen LogP contribution in [0.25, 0.3) is 0 Å². The van der Waals surface area contributed by atoms with E-state index in [4.69, 9.17) is 5.84 Å². The van der Waals surface area contributed by atoms with Gasteiger partial charge in [0.1, 0.15) is 0 Å². The second-order valence-corrected chi connectivity index (χ2v) is 9.24. The summed E-state index contributed by atoms with van der Waals surface area (Å²) < 4.78 is 0. The van der Waals surface area contributed by atoms with Gasteiger partial charge < -0.3 is 0 Å². The molecule has 0 aliphatic heterocycles. The summed E-state index contributed by atoms with van der Waals surface area (Å²) in [5, 5.41) is 0. The van der Waals surface area contributed by atoms with Crippen LogP contribution in [0, 0.1) is 0 Å². The van der Waals surface area contributed by atoms with Crippen molar-refractivity contribution < 1.29 is 0 Å². The highest BCUT2D eigenvalue weighted by Crippen LogP contribution is 2.44. The molecule has 6 N–H and O–H groups in total. The van der Waals surface area contributed by atoms with E-state index in [2.05, 4.69) is 33.7 Å². The number of nitrogens with one attached hydrogen (secondary N) is 4. The molecule has 0 aromatic heterocycles. The fourth-order valence-electron chi connectivity index (χ4n) is 0.760. The quantitative estimate of drug-likeness (QED) is 0.106. The van der Waals surface area contributed by atoms with Gasteiger partial charge >= 0.3 is 0 Å². The van der Waals surface area contributed by atoms with Gasteiger partial charge in [0.15, 0.2) is 0 Å². The SMILES string of the molecule is NNNNNCCCCCSSSSS. The normalized spacial score (nSPS) is 10.8. The van der Waals surface area contributed by atoms with Crippen molar-refractivity contribution in [3.63, 3.8) is 0 Å². The van der Waals surface area contributed by atoms with E-state index in [0.717, 1.165) is 13.0 Å². The van der Waals surface area contributed by atoms with Crippen LogP contribution < -0.4 is 27.9 Å². The van der Waals surface area contributed by atoms with Gasteiger partial charge in [-0.1, -0.05) is 28.9 Å². The minimum Gasteiger partial charge on any atom is -0.257 e. The number of hydrogen-bond donors (Lipinski definition) is 6. The summed E-state index contributed by atoms with van der Waals surface area (Å²) in [7, 11) is 6.86. The van der Waals surface area contributed by atoms with Crippen LogP contribution in [0.2, 0.25) is 0 Å². The Bertz CT molecular complexity index is 108. The van der Waals surface area contributed by atoms with Crippen LogP contribution in [-0.4, -0.2) is 12.3 Å². The fraction of sp³-hybridized carbons (Fsp3) is 1.00. The van der Waals surface area contributed by atoms with Gasteiger partial charge in [-0.3, -0.25) is 5.84 Å². The Morgan fingerprint density at radius 1 is 1.07 bits per heavy atom. The monoisotopic (exact) mass is 307 g/mol. The van der Waals surface area contributed by atoms with Crippen molar-refractivity contribution in [1.29, 1.82) is 0 Å². The molecule has 0 fully saturated rings. The fourth-order valence-corrected chi connectivity index (χ4v) is 6.90. The molecule has 5 nitrogen and oxygen atoms in total. The maximum atomic E-state index is 4.97. The van der Waals surface area contributed by atoms with E-state index < -0.39 is 0 Å². The van der Waals surface area contributed by atoms with Gasteiger partial charge in [0.05, 0.1) is 0 Å². The minimum atomic E-state index is 0.924. The maximum absolute atomic E-state index is 4.97. The highest BCUT2D eigenvalue weighted by molar-refractivity contribution is 9.34. The van der Waals surface area contributed by atoms with Gasteiger partial charge in [-0.15, -0.1) is 0 Å². The third-order valence-electron chi connectivity index (χ3n) is 1.36. The number of thiol groups is 1. The average Bonchev–Trinajstić information content (AvgIpc) is 2.26. The van der Waals surface area contributed by atoms with E-state index in [-0.39, 0.29) is 0 Å². The van der Waals surface area contributed by atoms with E-state index >= 15 is 0 Å². The molecule has 15 heavy (non-hydrogen) atoms. The van der Waals surface area contributed by atoms with Gasteiger partial charge in [-0.25, -0.2) is 5.43 Å². The molecule has 0 aliphatic rings. The van der Waals surface area contributed by atoms with Crippen molar-refractivity contribution in [2.45, 2.75) is 19.3 Å².